The lowest BCUT2D eigenvalue weighted by Gasteiger charge is -2.06. The van der Waals surface area contributed by atoms with Crippen LogP contribution < -0.4 is 0 Å². The number of benzene rings is 1. The Bertz CT molecular complexity index is 650. The maximum absolute atomic E-state index is 11.4. The van der Waals surface area contributed by atoms with Crippen LogP contribution in [0.2, 0.25) is 0 Å². The number of nitro groups is 2. The van der Waals surface area contributed by atoms with Gasteiger partial charge >= 0.3 is 11.4 Å². The Labute approximate surface area is 101 Å². The first kappa shape index (κ1) is 13.8. The van der Waals surface area contributed by atoms with Crippen molar-refractivity contribution in [1.29, 1.82) is 0 Å². The van der Waals surface area contributed by atoms with Gasteiger partial charge in [0, 0.05) is 17.9 Å². The van der Waals surface area contributed by atoms with Crippen LogP contribution >= 0.6 is 0 Å². The van der Waals surface area contributed by atoms with Crippen LogP contribution in [0.25, 0.3) is 0 Å². The Morgan fingerprint density at radius 1 is 1.22 bits per heavy atom. The molecule has 1 N–H and O–H groups in total. The smallest absolute Gasteiger partial charge is 0.322 e. The maximum atomic E-state index is 11.4. The van der Waals surface area contributed by atoms with E-state index in [4.69, 9.17) is 0 Å². The first-order valence-corrected chi connectivity index (χ1v) is 6.32. The largest absolute Gasteiger partial charge is 0.497 e. The topological polar surface area (TPSA) is 141 Å². The number of hydrogen-bond donors (Lipinski definition) is 1. The van der Waals surface area contributed by atoms with Crippen LogP contribution in [-0.2, 0) is 9.84 Å². The normalized spacial score (nSPS) is 11.2. The molecular weight excluding hydrogens is 268 g/mol. The minimum Gasteiger partial charge on any atom is -0.497 e. The number of phenols is 1. The van der Waals surface area contributed by atoms with Gasteiger partial charge in [-0.2, -0.15) is 0 Å². The van der Waals surface area contributed by atoms with Crippen molar-refractivity contribution in [3.63, 3.8) is 0 Å². The molecule has 0 unspecified atom stereocenters. The monoisotopic (exact) mass is 276 g/mol. The van der Waals surface area contributed by atoms with Crippen molar-refractivity contribution in [1.82, 2.24) is 0 Å². The number of sulfone groups is 1. The molecule has 9 nitrogen and oxygen atoms in total. The van der Waals surface area contributed by atoms with E-state index in [0.717, 1.165) is 13.2 Å². The van der Waals surface area contributed by atoms with E-state index in [1.165, 1.54) is 0 Å². The first-order chi connectivity index (χ1) is 8.07. The minimum absolute atomic E-state index is 0.342. The SMILES string of the molecule is Cc1c(S(C)(=O)=O)cc([N+](=O)[O-])c(O)c1[N+](=O)[O-]. The summed E-state index contributed by atoms with van der Waals surface area (Å²) < 4.78 is 22.8. The van der Waals surface area contributed by atoms with Gasteiger partial charge in [-0.1, -0.05) is 0 Å². The molecule has 1 rings (SSSR count). The molecular formula is C8H8N2O7S. The predicted octanol–water partition coefficient (Wildman–Crippen LogP) is 0.921. The Hall–Kier alpha value is -2.23. The van der Waals surface area contributed by atoms with E-state index in [1.54, 1.807) is 0 Å². The zero-order valence-electron chi connectivity index (χ0n) is 9.28. The van der Waals surface area contributed by atoms with Crippen LogP contribution in [0.4, 0.5) is 11.4 Å². The van der Waals surface area contributed by atoms with Gasteiger partial charge in [0.2, 0.25) is 0 Å². The zero-order valence-corrected chi connectivity index (χ0v) is 10.1. The van der Waals surface area contributed by atoms with Crippen LogP contribution in [0.5, 0.6) is 5.75 Å². The van der Waals surface area contributed by atoms with E-state index in [1.807, 2.05) is 0 Å². The van der Waals surface area contributed by atoms with Gasteiger partial charge in [-0.25, -0.2) is 8.42 Å². The van der Waals surface area contributed by atoms with Crippen molar-refractivity contribution in [3.05, 3.63) is 31.9 Å². The van der Waals surface area contributed by atoms with Crippen molar-refractivity contribution in [3.8, 4) is 5.75 Å². The van der Waals surface area contributed by atoms with Gasteiger partial charge in [0.05, 0.1) is 14.7 Å². The van der Waals surface area contributed by atoms with E-state index in [2.05, 4.69) is 0 Å². The molecule has 1 aromatic carbocycles. The highest BCUT2D eigenvalue weighted by Crippen LogP contribution is 2.41. The van der Waals surface area contributed by atoms with E-state index in [0.29, 0.717) is 6.07 Å². The molecule has 1 aromatic rings. The summed E-state index contributed by atoms with van der Waals surface area (Å²) in [7, 11) is -3.88. The highest BCUT2D eigenvalue weighted by atomic mass is 32.2. The summed E-state index contributed by atoms with van der Waals surface area (Å²) in [5, 5.41) is 30.8. The summed E-state index contributed by atoms with van der Waals surface area (Å²) in [4.78, 5) is 18.6. The van der Waals surface area contributed by atoms with Crippen molar-refractivity contribution in [2.45, 2.75) is 11.8 Å². The Balaban J connectivity index is 3.90. The van der Waals surface area contributed by atoms with Gasteiger partial charge in [-0.3, -0.25) is 20.2 Å². The number of rotatable bonds is 3. The number of phenolic OH excluding ortho intramolecular Hbond substituents is 1. The van der Waals surface area contributed by atoms with Gasteiger partial charge < -0.3 is 5.11 Å². The molecule has 0 bridgehead atoms. The molecule has 0 atom stereocenters. The summed E-state index contributed by atoms with van der Waals surface area (Å²) >= 11 is 0. The van der Waals surface area contributed by atoms with E-state index < -0.39 is 41.7 Å². The van der Waals surface area contributed by atoms with E-state index in [-0.39, 0.29) is 5.56 Å². The molecule has 0 aliphatic heterocycles. The van der Waals surface area contributed by atoms with Crippen LogP contribution in [0.3, 0.4) is 0 Å². The van der Waals surface area contributed by atoms with E-state index in [9.17, 15) is 33.8 Å². The quantitative estimate of drug-likeness (QED) is 0.639. The molecule has 18 heavy (non-hydrogen) atoms. The average Bonchev–Trinajstić information content (AvgIpc) is 2.13. The minimum atomic E-state index is -3.88. The van der Waals surface area contributed by atoms with Gasteiger partial charge in [-0.15, -0.1) is 0 Å². The van der Waals surface area contributed by atoms with Crippen molar-refractivity contribution < 1.29 is 23.4 Å². The van der Waals surface area contributed by atoms with Gasteiger partial charge in [0.1, 0.15) is 0 Å². The predicted molar refractivity (Wildman–Crippen MR) is 59.3 cm³/mol. The summed E-state index contributed by atoms with van der Waals surface area (Å²) in [6.07, 6.45) is 0.764. The number of nitro benzene ring substituents is 2. The summed E-state index contributed by atoms with van der Waals surface area (Å²) in [5.74, 6) is -1.16. The lowest BCUT2D eigenvalue weighted by atomic mass is 10.1. The molecule has 0 amide bonds. The van der Waals surface area contributed by atoms with Crippen molar-refractivity contribution in [2.24, 2.45) is 0 Å². The molecule has 0 fully saturated rings. The van der Waals surface area contributed by atoms with Gasteiger partial charge in [0.15, 0.2) is 9.84 Å². The Kier molecular flexibility index (Phi) is 3.24. The molecule has 0 heterocycles. The molecule has 0 aliphatic rings. The third-order valence-corrected chi connectivity index (χ3v) is 3.46. The average molecular weight is 276 g/mol. The highest BCUT2D eigenvalue weighted by Gasteiger charge is 2.32. The van der Waals surface area contributed by atoms with Gasteiger partial charge in [-0.05, 0) is 6.92 Å². The lowest BCUT2D eigenvalue weighted by molar-refractivity contribution is -0.396. The van der Waals surface area contributed by atoms with Crippen molar-refractivity contribution in [2.75, 3.05) is 6.26 Å². The van der Waals surface area contributed by atoms with Crippen LogP contribution in [0.1, 0.15) is 5.56 Å². The Morgan fingerprint density at radius 3 is 2.06 bits per heavy atom. The maximum Gasteiger partial charge on any atom is 0.322 e. The molecule has 0 radical (unpaired) electrons. The molecule has 0 aromatic heterocycles. The van der Waals surface area contributed by atoms with Crippen molar-refractivity contribution >= 4 is 21.2 Å². The molecule has 0 saturated heterocycles. The summed E-state index contributed by atoms with van der Waals surface area (Å²) in [5.41, 5.74) is -2.34. The number of nitrogens with zero attached hydrogens (tertiary/aromatic N) is 2. The first-order valence-electron chi connectivity index (χ1n) is 4.42. The third-order valence-electron chi connectivity index (χ3n) is 2.24. The number of hydrogen-bond acceptors (Lipinski definition) is 7. The lowest BCUT2D eigenvalue weighted by Crippen LogP contribution is -2.05. The molecule has 0 aliphatic carbocycles. The van der Waals surface area contributed by atoms with Crippen LogP contribution in [-0.4, -0.2) is 29.6 Å². The fraction of sp³-hybridized carbons (Fsp3) is 0.250. The zero-order chi connectivity index (χ0) is 14.2. The van der Waals surface area contributed by atoms with Crippen LogP contribution in [0.15, 0.2) is 11.0 Å². The van der Waals surface area contributed by atoms with E-state index >= 15 is 0 Å². The van der Waals surface area contributed by atoms with Gasteiger partial charge in [0.25, 0.3) is 5.75 Å². The fourth-order valence-corrected chi connectivity index (χ4v) is 2.44. The fourth-order valence-electron chi connectivity index (χ4n) is 1.46. The summed E-state index contributed by atoms with van der Waals surface area (Å²) in [6, 6.07) is 0.604. The third kappa shape index (κ3) is 2.22. The standard InChI is InChI=1S/C8H8N2O7S/c1-4-6(18(2,16)17)3-5(9(12)13)8(11)7(4)10(14)15/h3,11H,1-2H3. The second kappa shape index (κ2) is 4.22. The molecule has 98 valence electrons. The number of aromatic hydroxyl groups is 1. The molecule has 0 saturated carbocycles. The summed E-state index contributed by atoms with van der Waals surface area (Å²) in [6.45, 7) is 1.10. The second-order valence-electron chi connectivity index (χ2n) is 3.50. The highest BCUT2D eigenvalue weighted by molar-refractivity contribution is 7.90. The second-order valence-corrected chi connectivity index (χ2v) is 5.49. The Morgan fingerprint density at radius 2 is 1.72 bits per heavy atom. The molecule has 10 heteroatoms. The van der Waals surface area contributed by atoms with Crippen LogP contribution in [0, 0.1) is 27.2 Å². The molecule has 0 spiro atoms.